The molecule has 1 fully saturated rings. The summed E-state index contributed by atoms with van der Waals surface area (Å²) in [5, 5.41) is 11.3. The maximum Gasteiger partial charge on any atom is 0.326 e. The Kier molecular flexibility index (Phi) is 3.84. The van der Waals surface area contributed by atoms with Gasteiger partial charge in [0.2, 0.25) is 0 Å². The van der Waals surface area contributed by atoms with Crippen LogP contribution < -0.4 is 10.6 Å². The highest BCUT2D eigenvalue weighted by Crippen LogP contribution is 2.28. The number of likely N-dealkylation sites (N-methyl/N-ethyl adjacent to an activating group) is 1. The SMILES string of the molecule is CC1OCCC1N(C)c1nc(C(N)C(=O)O)cs1. The number of ether oxygens (including phenoxy) is 1. The van der Waals surface area contributed by atoms with E-state index in [1.807, 2.05) is 18.9 Å². The van der Waals surface area contributed by atoms with Gasteiger partial charge in [-0.3, -0.25) is 4.79 Å². The van der Waals surface area contributed by atoms with Crippen LogP contribution in [0.5, 0.6) is 0 Å². The predicted molar refractivity (Wildman–Crippen MR) is 68.9 cm³/mol. The fraction of sp³-hybridized carbons (Fsp3) is 0.636. The van der Waals surface area contributed by atoms with E-state index in [0.29, 0.717) is 5.69 Å². The summed E-state index contributed by atoms with van der Waals surface area (Å²) in [6.07, 6.45) is 1.12. The normalized spacial score (nSPS) is 25.1. The molecule has 2 heterocycles. The van der Waals surface area contributed by atoms with E-state index >= 15 is 0 Å². The monoisotopic (exact) mass is 271 g/mol. The number of carboxylic acids is 1. The lowest BCUT2D eigenvalue weighted by Crippen LogP contribution is -2.36. The van der Waals surface area contributed by atoms with E-state index in [1.54, 1.807) is 5.38 Å². The molecule has 0 bridgehead atoms. The summed E-state index contributed by atoms with van der Waals surface area (Å²) in [6.45, 7) is 2.79. The molecule has 1 aliphatic heterocycles. The third-order valence-electron chi connectivity index (χ3n) is 3.23. The van der Waals surface area contributed by atoms with Gasteiger partial charge in [-0.15, -0.1) is 11.3 Å². The number of hydrogen-bond donors (Lipinski definition) is 2. The molecule has 3 atom stereocenters. The second-order valence-electron chi connectivity index (χ2n) is 4.41. The predicted octanol–water partition coefficient (Wildman–Crippen LogP) is 0.841. The number of nitrogens with zero attached hydrogens (tertiary/aromatic N) is 2. The lowest BCUT2D eigenvalue weighted by atomic mass is 10.1. The quantitative estimate of drug-likeness (QED) is 0.843. The molecular weight excluding hydrogens is 254 g/mol. The highest BCUT2D eigenvalue weighted by molar-refractivity contribution is 7.13. The average Bonchev–Trinajstić information content (AvgIpc) is 2.95. The molecule has 3 N–H and O–H groups in total. The first-order valence-electron chi connectivity index (χ1n) is 5.79. The molecular formula is C11H17N3O3S. The molecule has 1 aromatic heterocycles. The Morgan fingerprint density at radius 3 is 3.06 bits per heavy atom. The number of carboxylic acid groups (broad SMARTS) is 1. The second-order valence-corrected chi connectivity index (χ2v) is 5.25. The van der Waals surface area contributed by atoms with Crippen LogP contribution in [0.15, 0.2) is 5.38 Å². The van der Waals surface area contributed by atoms with E-state index in [4.69, 9.17) is 15.6 Å². The van der Waals surface area contributed by atoms with Gasteiger partial charge in [-0.2, -0.15) is 0 Å². The molecule has 6 nitrogen and oxygen atoms in total. The van der Waals surface area contributed by atoms with Crippen LogP contribution in [-0.2, 0) is 9.53 Å². The number of nitrogens with two attached hydrogens (primary N) is 1. The van der Waals surface area contributed by atoms with Crippen molar-refractivity contribution in [2.24, 2.45) is 5.73 Å². The second kappa shape index (κ2) is 5.21. The van der Waals surface area contributed by atoms with E-state index in [0.717, 1.165) is 18.2 Å². The van der Waals surface area contributed by atoms with Gasteiger partial charge >= 0.3 is 5.97 Å². The van der Waals surface area contributed by atoms with Gasteiger partial charge in [0.05, 0.1) is 17.8 Å². The van der Waals surface area contributed by atoms with E-state index in [2.05, 4.69) is 4.98 Å². The first kappa shape index (κ1) is 13.3. The van der Waals surface area contributed by atoms with Gasteiger partial charge in [-0.1, -0.05) is 0 Å². The van der Waals surface area contributed by atoms with E-state index in [1.165, 1.54) is 11.3 Å². The molecule has 1 aliphatic rings. The minimum absolute atomic E-state index is 0.162. The molecule has 3 unspecified atom stereocenters. The minimum atomic E-state index is -1.06. The molecule has 0 aliphatic carbocycles. The van der Waals surface area contributed by atoms with Crippen LogP contribution in [0.1, 0.15) is 25.1 Å². The van der Waals surface area contributed by atoms with Gasteiger partial charge in [0.1, 0.15) is 6.04 Å². The maximum absolute atomic E-state index is 10.8. The number of aliphatic carboxylic acids is 1. The van der Waals surface area contributed by atoms with E-state index in [-0.39, 0.29) is 12.1 Å². The Labute approximate surface area is 109 Å². The Balaban J connectivity index is 2.12. The molecule has 0 saturated carbocycles. The minimum Gasteiger partial charge on any atom is -0.480 e. The number of carbonyl (C=O) groups is 1. The highest BCUT2D eigenvalue weighted by atomic mass is 32.1. The summed E-state index contributed by atoms with van der Waals surface area (Å²) >= 11 is 1.41. The largest absolute Gasteiger partial charge is 0.480 e. The van der Waals surface area contributed by atoms with Crippen molar-refractivity contribution in [3.63, 3.8) is 0 Å². The summed E-state index contributed by atoms with van der Waals surface area (Å²) in [5.74, 6) is -1.06. The molecule has 1 aromatic rings. The van der Waals surface area contributed by atoms with Crippen LogP contribution in [0.25, 0.3) is 0 Å². The number of rotatable bonds is 4. The zero-order valence-corrected chi connectivity index (χ0v) is 11.2. The van der Waals surface area contributed by atoms with E-state index < -0.39 is 12.0 Å². The van der Waals surface area contributed by atoms with Gasteiger partial charge in [-0.25, -0.2) is 4.98 Å². The van der Waals surface area contributed by atoms with Gasteiger partial charge in [-0.05, 0) is 13.3 Å². The Bertz CT molecular complexity index is 437. The molecule has 18 heavy (non-hydrogen) atoms. The maximum atomic E-state index is 10.8. The Morgan fingerprint density at radius 1 is 1.78 bits per heavy atom. The van der Waals surface area contributed by atoms with Crippen molar-refractivity contribution in [3.05, 3.63) is 11.1 Å². The smallest absolute Gasteiger partial charge is 0.326 e. The van der Waals surface area contributed by atoms with Crippen molar-refractivity contribution in [2.75, 3.05) is 18.6 Å². The fourth-order valence-corrected chi connectivity index (χ4v) is 2.96. The van der Waals surface area contributed by atoms with E-state index in [9.17, 15) is 4.79 Å². The van der Waals surface area contributed by atoms with Crippen molar-refractivity contribution in [1.29, 1.82) is 0 Å². The third-order valence-corrected chi connectivity index (χ3v) is 4.18. The first-order chi connectivity index (χ1) is 8.50. The lowest BCUT2D eigenvalue weighted by molar-refractivity contribution is -0.138. The van der Waals surface area contributed by atoms with Gasteiger partial charge < -0.3 is 20.5 Å². The molecule has 0 radical (unpaired) electrons. The van der Waals surface area contributed by atoms with Crippen molar-refractivity contribution >= 4 is 22.4 Å². The number of anilines is 1. The van der Waals surface area contributed by atoms with Crippen LogP contribution in [0.3, 0.4) is 0 Å². The molecule has 0 amide bonds. The summed E-state index contributed by atoms with van der Waals surface area (Å²) in [4.78, 5) is 17.1. The van der Waals surface area contributed by atoms with Crippen LogP contribution in [-0.4, -0.2) is 41.9 Å². The molecule has 2 rings (SSSR count). The number of aromatic nitrogens is 1. The number of thiazole rings is 1. The zero-order chi connectivity index (χ0) is 13.3. The van der Waals surface area contributed by atoms with Crippen LogP contribution in [0.4, 0.5) is 5.13 Å². The molecule has 1 saturated heterocycles. The molecule has 100 valence electrons. The van der Waals surface area contributed by atoms with Crippen molar-refractivity contribution < 1.29 is 14.6 Å². The van der Waals surface area contributed by atoms with Gasteiger partial charge in [0.25, 0.3) is 0 Å². The fourth-order valence-electron chi connectivity index (χ4n) is 2.08. The third kappa shape index (κ3) is 2.47. The van der Waals surface area contributed by atoms with Gasteiger partial charge in [0, 0.05) is 19.0 Å². The summed E-state index contributed by atoms with van der Waals surface area (Å²) in [7, 11) is 1.95. The van der Waals surface area contributed by atoms with Crippen molar-refractivity contribution in [1.82, 2.24) is 4.98 Å². The Hall–Kier alpha value is -1.18. The lowest BCUT2D eigenvalue weighted by Gasteiger charge is -2.26. The molecule has 0 aromatic carbocycles. The summed E-state index contributed by atoms with van der Waals surface area (Å²) in [6, 6.07) is -0.772. The zero-order valence-electron chi connectivity index (χ0n) is 10.4. The topological polar surface area (TPSA) is 88.7 Å². The number of hydrogen-bond acceptors (Lipinski definition) is 6. The van der Waals surface area contributed by atoms with Crippen LogP contribution in [0, 0.1) is 0 Å². The van der Waals surface area contributed by atoms with Crippen LogP contribution >= 0.6 is 11.3 Å². The standard InChI is InChI=1S/C11H17N3O3S/c1-6-8(3-4-17-6)14(2)11-13-7(5-18-11)9(12)10(15)16/h5-6,8-9H,3-4,12H2,1-2H3,(H,15,16). The average molecular weight is 271 g/mol. The Morgan fingerprint density at radius 2 is 2.50 bits per heavy atom. The molecule has 7 heteroatoms. The summed E-state index contributed by atoms with van der Waals surface area (Å²) in [5.41, 5.74) is 5.94. The highest BCUT2D eigenvalue weighted by Gasteiger charge is 2.30. The van der Waals surface area contributed by atoms with Gasteiger partial charge in [0.15, 0.2) is 5.13 Å². The molecule has 0 spiro atoms. The first-order valence-corrected chi connectivity index (χ1v) is 6.67. The van der Waals surface area contributed by atoms with Crippen molar-refractivity contribution in [3.8, 4) is 0 Å². The van der Waals surface area contributed by atoms with Crippen LogP contribution in [0.2, 0.25) is 0 Å². The summed E-state index contributed by atoms with van der Waals surface area (Å²) < 4.78 is 5.52. The van der Waals surface area contributed by atoms with Crippen molar-refractivity contribution in [2.45, 2.75) is 31.5 Å².